The van der Waals surface area contributed by atoms with Gasteiger partial charge in [-0.2, -0.15) is 0 Å². The maximum absolute atomic E-state index is 10.2. The first-order valence-corrected chi connectivity index (χ1v) is 5.90. The van der Waals surface area contributed by atoms with Crippen LogP contribution in [0, 0.1) is 38.2 Å². The second-order valence-electron chi connectivity index (χ2n) is 4.69. The van der Waals surface area contributed by atoms with Crippen LogP contribution in [0.15, 0.2) is 0 Å². The summed E-state index contributed by atoms with van der Waals surface area (Å²) in [5, 5.41) is 30.5. The van der Waals surface area contributed by atoms with E-state index in [1.54, 1.807) is 77.8 Å². The van der Waals surface area contributed by atoms with Crippen LogP contribution in [-0.4, -0.2) is 75.7 Å². The Labute approximate surface area is 149 Å². The van der Waals surface area contributed by atoms with E-state index in [1.165, 1.54) is 0 Å². The molecule has 121 valence electrons. The second kappa shape index (κ2) is 17.1. The van der Waals surface area contributed by atoms with Crippen molar-refractivity contribution >= 4 is 0 Å². The smallest absolute Gasteiger partial charge is 0.841 e. The van der Waals surface area contributed by atoms with Crippen molar-refractivity contribution < 1.29 is 53.5 Å². The van der Waals surface area contributed by atoms with Crippen LogP contribution in [0.4, 0.5) is 0 Å². The minimum absolute atomic E-state index is 0. The molecule has 6 nitrogen and oxygen atoms in total. The first-order chi connectivity index (χ1) is 7.93. The second-order valence-corrected chi connectivity index (χ2v) is 4.69. The van der Waals surface area contributed by atoms with Crippen molar-refractivity contribution in [2.75, 3.05) is 42.3 Å². The molecule has 0 aliphatic carbocycles. The third kappa shape index (κ3) is 32.5. The number of hydrogen-bond donors (Lipinski definition) is 0. The summed E-state index contributed by atoms with van der Waals surface area (Å²) in [5.41, 5.74) is 0. The molecule has 7 heteroatoms. The van der Waals surface area contributed by atoms with E-state index in [-0.39, 0.29) is 38.2 Å². The van der Waals surface area contributed by atoms with E-state index in [0.717, 1.165) is 0 Å². The summed E-state index contributed by atoms with van der Waals surface area (Å²) in [6.45, 7) is 4.83. The van der Waals surface area contributed by atoms with Crippen LogP contribution in [0.3, 0.4) is 0 Å². The Kier molecular flexibility index (Phi) is 25.4. The SMILES string of the molecule is CC([O-])N(C)C.CC([O-])N(C)C.CC([O-])N(C)C.[Dy+3]. The van der Waals surface area contributed by atoms with Crippen molar-refractivity contribution in [1.82, 2.24) is 14.7 Å². The zero-order chi connectivity index (χ0) is 15.5. The topological polar surface area (TPSA) is 78.9 Å². The summed E-state index contributed by atoms with van der Waals surface area (Å²) in [6, 6.07) is 0. The van der Waals surface area contributed by atoms with Crippen molar-refractivity contribution in [3.63, 3.8) is 0 Å². The summed E-state index contributed by atoms with van der Waals surface area (Å²) in [5.74, 6) is 0. The summed E-state index contributed by atoms with van der Waals surface area (Å²) >= 11 is 0. The van der Waals surface area contributed by atoms with Gasteiger partial charge in [-0.25, -0.2) is 0 Å². The number of rotatable bonds is 3. The van der Waals surface area contributed by atoms with Gasteiger partial charge in [0, 0.05) is 0 Å². The Morgan fingerprint density at radius 3 is 0.579 bits per heavy atom. The molecule has 0 bridgehead atoms. The fourth-order valence-electron chi connectivity index (χ4n) is 0. The van der Waals surface area contributed by atoms with Gasteiger partial charge in [-0.1, -0.05) is 39.5 Å². The predicted molar refractivity (Wildman–Crippen MR) is 69.4 cm³/mol. The van der Waals surface area contributed by atoms with Gasteiger partial charge in [0.15, 0.2) is 0 Å². The van der Waals surface area contributed by atoms with Gasteiger partial charge in [0.1, 0.15) is 0 Å². The number of hydrogen-bond acceptors (Lipinski definition) is 6. The van der Waals surface area contributed by atoms with E-state index >= 15 is 0 Å². The van der Waals surface area contributed by atoms with E-state index < -0.39 is 18.7 Å². The Morgan fingerprint density at radius 1 is 0.526 bits per heavy atom. The molecule has 3 unspecified atom stereocenters. The van der Waals surface area contributed by atoms with Crippen LogP contribution in [0.2, 0.25) is 0 Å². The first kappa shape index (κ1) is 28.2. The molecule has 0 aromatic heterocycles. The van der Waals surface area contributed by atoms with Gasteiger partial charge in [0.25, 0.3) is 0 Å². The van der Waals surface area contributed by atoms with Crippen LogP contribution < -0.4 is 15.3 Å². The molecule has 0 N–H and O–H groups in total. The van der Waals surface area contributed by atoms with Crippen LogP contribution in [0.5, 0.6) is 0 Å². The van der Waals surface area contributed by atoms with E-state index in [0.29, 0.717) is 0 Å². The van der Waals surface area contributed by atoms with Crippen LogP contribution >= 0.6 is 0 Å². The summed E-state index contributed by atoms with van der Waals surface area (Å²) in [7, 11) is 10.6. The van der Waals surface area contributed by atoms with E-state index in [1.807, 2.05) is 0 Å². The molecule has 1 radical (unpaired) electrons. The summed E-state index contributed by atoms with van der Waals surface area (Å²) in [6.07, 6.45) is -1.69. The minimum Gasteiger partial charge on any atom is -0.841 e. The third-order valence-electron chi connectivity index (χ3n) is 2.18. The molecule has 3 atom stereocenters. The zero-order valence-electron chi connectivity index (χ0n) is 13.6. The predicted octanol–water partition coefficient (Wildman–Crippen LogP) is -2.24. The maximum Gasteiger partial charge on any atom is 3.00 e. The van der Waals surface area contributed by atoms with Crippen molar-refractivity contribution in [2.24, 2.45) is 0 Å². The molecule has 0 aliphatic heterocycles. The maximum atomic E-state index is 10.2. The standard InChI is InChI=1S/3C4H10NO.Dy/c3*1-4(6)5(2)3;/h3*4H,1-3H3;/q3*-1;+3. The molecule has 0 saturated heterocycles. The zero-order valence-corrected chi connectivity index (χ0v) is 15.6. The molecule has 0 aromatic carbocycles. The molecule has 0 saturated carbocycles. The average molecular weight is 427 g/mol. The Morgan fingerprint density at radius 2 is 0.579 bits per heavy atom. The van der Waals surface area contributed by atoms with E-state index in [2.05, 4.69) is 0 Å². The Bertz CT molecular complexity index is 120. The Balaban J connectivity index is -0.0000000865. The van der Waals surface area contributed by atoms with Gasteiger partial charge in [-0.3, -0.25) is 0 Å². The van der Waals surface area contributed by atoms with Gasteiger partial charge in [0.2, 0.25) is 0 Å². The fourth-order valence-corrected chi connectivity index (χ4v) is 0. The quantitative estimate of drug-likeness (QED) is 0.475. The van der Waals surface area contributed by atoms with Crippen LogP contribution in [-0.2, 0) is 0 Å². The van der Waals surface area contributed by atoms with Gasteiger partial charge in [-0.15, -0.1) is 0 Å². The molecule has 19 heavy (non-hydrogen) atoms. The van der Waals surface area contributed by atoms with Crippen molar-refractivity contribution in [3.05, 3.63) is 0 Å². The van der Waals surface area contributed by atoms with E-state index in [4.69, 9.17) is 0 Å². The molecule has 0 aliphatic rings. The third-order valence-corrected chi connectivity index (χ3v) is 2.18. The van der Waals surface area contributed by atoms with Crippen molar-refractivity contribution in [1.29, 1.82) is 0 Å². The molecule has 0 rings (SSSR count). The number of nitrogens with zero attached hydrogens (tertiary/aromatic N) is 3. The fraction of sp³-hybridized carbons (Fsp3) is 1.00. The van der Waals surface area contributed by atoms with Gasteiger partial charge in [0.05, 0.1) is 0 Å². The molecule has 0 heterocycles. The largest absolute Gasteiger partial charge is 3.00 e. The molecule has 0 amide bonds. The molecule has 0 fully saturated rings. The molecule has 0 aromatic rings. The van der Waals surface area contributed by atoms with E-state index in [9.17, 15) is 15.3 Å². The Hall–Kier alpha value is 1.03. The molecular weight excluding hydrogens is 397 g/mol. The monoisotopic (exact) mass is 428 g/mol. The first-order valence-electron chi connectivity index (χ1n) is 5.90. The molecule has 0 spiro atoms. The van der Waals surface area contributed by atoms with Gasteiger partial charge >= 0.3 is 38.2 Å². The van der Waals surface area contributed by atoms with Gasteiger partial charge in [-0.05, 0) is 42.3 Å². The average Bonchev–Trinajstić information content (AvgIpc) is 2.18. The van der Waals surface area contributed by atoms with Crippen molar-refractivity contribution in [3.8, 4) is 0 Å². The van der Waals surface area contributed by atoms with Crippen LogP contribution in [0.1, 0.15) is 20.8 Å². The summed E-state index contributed by atoms with van der Waals surface area (Å²) < 4.78 is 0. The summed E-state index contributed by atoms with van der Waals surface area (Å²) in [4.78, 5) is 4.83. The van der Waals surface area contributed by atoms with Crippen LogP contribution in [0.25, 0.3) is 0 Å². The van der Waals surface area contributed by atoms with Crippen molar-refractivity contribution in [2.45, 2.75) is 39.5 Å². The minimum atomic E-state index is -0.565. The van der Waals surface area contributed by atoms with Gasteiger partial charge < -0.3 is 30.0 Å². The normalized spacial score (nSPS) is 14.7. The molecular formula is C12H30DyN3O3.